The van der Waals surface area contributed by atoms with Crippen molar-refractivity contribution in [3.63, 3.8) is 0 Å². The van der Waals surface area contributed by atoms with Crippen molar-refractivity contribution in [1.29, 1.82) is 0 Å². The van der Waals surface area contributed by atoms with E-state index in [1.54, 1.807) is 30.3 Å². The Labute approximate surface area is 178 Å². The van der Waals surface area contributed by atoms with Gasteiger partial charge in [-0.3, -0.25) is 14.4 Å². The van der Waals surface area contributed by atoms with Gasteiger partial charge >= 0.3 is 5.97 Å². The summed E-state index contributed by atoms with van der Waals surface area (Å²) in [5, 5.41) is 19.9. The maximum atomic E-state index is 12.9. The third kappa shape index (κ3) is 4.78. The fraction of sp³-hybridized carbons (Fsp3) is 0.174. The highest BCUT2D eigenvalue weighted by atomic mass is 35.5. The van der Waals surface area contributed by atoms with Crippen LogP contribution < -0.4 is 0 Å². The van der Waals surface area contributed by atoms with Crippen molar-refractivity contribution in [3.05, 3.63) is 88.2 Å². The Hall–Kier alpha value is -3.38. The lowest BCUT2D eigenvalue weighted by Crippen LogP contribution is -2.32. The number of carboxylic acid groups (broad SMARTS) is 1. The maximum absolute atomic E-state index is 12.9. The van der Waals surface area contributed by atoms with E-state index in [0.29, 0.717) is 10.6 Å². The molecular formula is C23H20ClNO5. The summed E-state index contributed by atoms with van der Waals surface area (Å²) in [6.45, 7) is 0.0850. The number of carbonyl (C=O) groups is 3. The molecule has 7 heteroatoms. The molecule has 154 valence electrons. The third-order valence-corrected chi connectivity index (χ3v) is 5.02. The zero-order valence-corrected chi connectivity index (χ0v) is 16.7. The molecule has 2 N–H and O–H groups in total. The van der Waals surface area contributed by atoms with Gasteiger partial charge in [0.05, 0.1) is 11.6 Å². The van der Waals surface area contributed by atoms with Crippen LogP contribution >= 0.6 is 11.6 Å². The molecule has 1 aliphatic rings. The number of amides is 1. The van der Waals surface area contributed by atoms with Gasteiger partial charge in [-0.15, -0.1) is 0 Å². The van der Waals surface area contributed by atoms with Gasteiger partial charge in [0.15, 0.2) is 11.5 Å². The van der Waals surface area contributed by atoms with Gasteiger partial charge in [0, 0.05) is 18.0 Å². The number of hydrogen-bond donors (Lipinski definition) is 2. The van der Waals surface area contributed by atoms with E-state index in [2.05, 4.69) is 0 Å². The third-order valence-electron chi connectivity index (χ3n) is 4.77. The molecule has 2 aromatic carbocycles. The lowest BCUT2D eigenvalue weighted by atomic mass is 9.95. The van der Waals surface area contributed by atoms with Gasteiger partial charge in [0.25, 0.3) is 5.91 Å². The number of aliphatic carboxylic acids is 1. The van der Waals surface area contributed by atoms with Crippen LogP contribution in [0.5, 0.6) is 0 Å². The summed E-state index contributed by atoms with van der Waals surface area (Å²) < 4.78 is 0. The van der Waals surface area contributed by atoms with Crippen LogP contribution in [-0.4, -0.2) is 39.3 Å². The molecular weight excluding hydrogens is 406 g/mol. The fourth-order valence-electron chi connectivity index (χ4n) is 3.35. The summed E-state index contributed by atoms with van der Waals surface area (Å²) in [6, 6.07) is 15.0. The Morgan fingerprint density at radius 3 is 2.37 bits per heavy atom. The van der Waals surface area contributed by atoms with E-state index in [9.17, 15) is 19.5 Å². The number of aliphatic hydroxyl groups is 1. The molecule has 0 aromatic heterocycles. The number of carbonyl (C=O) groups excluding carboxylic acids is 2. The number of nitrogens with zero attached hydrogens (tertiary/aromatic N) is 1. The van der Waals surface area contributed by atoms with Gasteiger partial charge < -0.3 is 15.1 Å². The molecule has 3 rings (SSSR count). The van der Waals surface area contributed by atoms with Crippen molar-refractivity contribution in [3.8, 4) is 0 Å². The van der Waals surface area contributed by atoms with Crippen molar-refractivity contribution in [2.75, 3.05) is 6.54 Å². The van der Waals surface area contributed by atoms with Gasteiger partial charge in [0.2, 0.25) is 0 Å². The minimum Gasteiger partial charge on any atom is -0.503 e. The first-order valence-corrected chi connectivity index (χ1v) is 9.75. The van der Waals surface area contributed by atoms with Crippen molar-refractivity contribution >= 4 is 35.3 Å². The number of rotatable bonds is 8. The van der Waals surface area contributed by atoms with Crippen molar-refractivity contribution < 1.29 is 24.6 Å². The molecule has 30 heavy (non-hydrogen) atoms. The molecule has 0 spiro atoms. The molecule has 0 aliphatic carbocycles. The van der Waals surface area contributed by atoms with Crippen LogP contribution in [0.2, 0.25) is 5.02 Å². The quantitative estimate of drug-likeness (QED) is 0.618. The topological polar surface area (TPSA) is 94.9 Å². The minimum atomic E-state index is -0.982. The number of aliphatic hydroxyl groups excluding tert-OH is 1. The fourth-order valence-corrected chi connectivity index (χ4v) is 3.48. The smallest absolute Gasteiger partial charge is 0.303 e. The summed E-state index contributed by atoms with van der Waals surface area (Å²) in [5.74, 6) is -2.79. The summed E-state index contributed by atoms with van der Waals surface area (Å²) in [5.41, 5.74) is 1.37. The number of carboxylic acids is 1. The molecule has 1 amide bonds. The van der Waals surface area contributed by atoms with E-state index >= 15 is 0 Å². The van der Waals surface area contributed by atoms with Crippen LogP contribution in [0.15, 0.2) is 72.0 Å². The molecule has 0 radical (unpaired) electrons. The normalized spacial score (nSPS) is 16.5. The molecule has 0 fully saturated rings. The van der Waals surface area contributed by atoms with E-state index in [0.717, 1.165) is 5.56 Å². The predicted octanol–water partition coefficient (Wildman–Crippen LogP) is 4.18. The molecule has 0 bridgehead atoms. The second-order valence-electron chi connectivity index (χ2n) is 6.82. The van der Waals surface area contributed by atoms with Crippen molar-refractivity contribution in [2.45, 2.75) is 18.9 Å². The van der Waals surface area contributed by atoms with Crippen LogP contribution in [0.25, 0.3) is 6.08 Å². The minimum absolute atomic E-state index is 0.0372. The number of hydrogen-bond acceptors (Lipinski definition) is 4. The van der Waals surface area contributed by atoms with Crippen LogP contribution in [0.4, 0.5) is 0 Å². The summed E-state index contributed by atoms with van der Waals surface area (Å²) in [7, 11) is 0. The molecule has 0 unspecified atom stereocenters. The molecule has 6 nitrogen and oxygen atoms in total. The van der Waals surface area contributed by atoms with Gasteiger partial charge in [-0.05, 0) is 35.8 Å². The Morgan fingerprint density at radius 2 is 1.73 bits per heavy atom. The summed E-state index contributed by atoms with van der Waals surface area (Å²) in [4.78, 5) is 37.8. The largest absolute Gasteiger partial charge is 0.503 e. The Kier molecular flexibility index (Phi) is 6.69. The second-order valence-corrected chi connectivity index (χ2v) is 7.26. The van der Waals surface area contributed by atoms with Gasteiger partial charge in [0.1, 0.15) is 0 Å². The average Bonchev–Trinajstić information content (AvgIpc) is 2.98. The standard InChI is InChI=1S/C23H20ClNO5/c24-17-11-9-16(10-12-17)21-20(18(26)13-8-15-5-2-1-3-6-15)22(29)23(30)25(21)14-4-7-19(27)28/h1-3,5-6,8-13,21,29H,4,7,14H2,(H,27,28)/b13-8+/t21-/m1/s1. The van der Waals surface area contributed by atoms with Crippen LogP contribution in [0, 0.1) is 0 Å². The number of halogens is 1. The maximum Gasteiger partial charge on any atom is 0.303 e. The SMILES string of the molecule is O=C(O)CCCN1C(=O)C(O)=C(C(=O)/C=C/c2ccccc2)[C@H]1c1ccc(Cl)cc1. The van der Waals surface area contributed by atoms with Crippen LogP contribution in [-0.2, 0) is 14.4 Å². The van der Waals surface area contributed by atoms with E-state index in [-0.39, 0.29) is 25.0 Å². The Balaban J connectivity index is 1.94. The average molecular weight is 426 g/mol. The molecule has 1 aliphatic heterocycles. The Morgan fingerprint density at radius 1 is 1.07 bits per heavy atom. The van der Waals surface area contributed by atoms with E-state index < -0.39 is 29.5 Å². The number of allylic oxidation sites excluding steroid dienone is 1. The van der Waals surface area contributed by atoms with Crippen molar-refractivity contribution in [2.24, 2.45) is 0 Å². The highest BCUT2D eigenvalue weighted by molar-refractivity contribution is 6.30. The predicted molar refractivity (Wildman–Crippen MR) is 113 cm³/mol. The first kappa shape index (κ1) is 21.3. The highest BCUT2D eigenvalue weighted by Gasteiger charge is 2.42. The number of benzene rings is 2. The first-order chi connectivity index (χ1) is 14.4. The number of ketones is 1. The van der Waals surface area contributed by atoms with E-state index in [4.69, 9.17) is 16.7 Å². The molecule has 0 saturated heterocycles. The van der Waals surface area contributed by atoms with E-state index in [1.807, 2.05) is 30.3 Å². The lowest BCUT2D eigenvalue weighted by molar-refractivity contribution is -0.138. The molecule has 1 heterocycles. The van der Waals surface area contributed by atoms with Gasteiger partial charge in [-0.25, -0.2) is 0 Å². The lowest BCUT2D eigenvalue weighted by Gasteiger charge is -2.26. The summed E-state index contributed by atoms with van der Waals surface area (Å²) >= 11 is 5.96. The second kappa shape index (κ2) is 9.41. The van der Waals surface area contributed by atoms with Crippen LogP contribution in [0.1, 0.15) is 30.0 Å². The monoisotopic (exact) mass is 425 g/mol. The van der Waals surface area contributed by atoms with Crippen molar-refractivity contribution in [1.82, 2.24) is 4.90 Å². The zero-order chi connectivity index (χ0) is 21.7. The van der Waals surface area contributed by atoms with Gasteiger partial charge in [-0.2, -0.15) is 0 Å². The Bertz CT molecular complexity index is 1010. The first-order valence-electron chi connectivity index (χ1n) is 9.37. The molecule has 1 atom stereocenters. The summed E-state index contributed by atoms with van der Waals surface area (Å²) in [6.07, 6.45) is 2.99. The highest BCUT2D eigenvalue weighted by Crippen LogP contribution is 2.38. The van der Waals surface area contributed by atoms with Gasteiger partial charge in [-0.1, -0.05) is 60.1 Å². The molecule has 0 saturated carbocycles. The molecule has 2 aromatic rings. The zero-order valence-electron chi connectivity index (χ0n) is 16.0. The van der Waals surface area contributed by atoms with E-state index in [1.165, 1.54) is 11.0 Å². The van der Waals surface area contributed by atoms with Crippen LogP contribution in [0.3, 0.4) is 0 Å².